The molecule has 0 aliphatic heterocycles. The first-order chi connectivity index (χ1) is 15.7. The number of hydrogen-bond donors (Lipinski definition) is 8. The molecule has 0 aliphatic carbocycles. The standard InChI is InChI=1S/C19H32N4O11/c1-8(18(32)23-11(17(20)31)4-5-14(28)29)21-19(33)9(2)34-16(15(30)13(27)7-25)12(6-24)22-10(3)26/h6,8-9,11-13,15-16,25,27,30H,4-5,7H2,1-3H3,(H2,20,31)(H,21,33)(H,22,26)(H,23,32)(H,28,29)/t8-,9-,11-,12+,13-,15-,16-/m1/s1. The Kier molecular flexibility index (Phi) is 13.5. The Labute approximate surface area is 195 Å². The fourth-order valence-corrected chi connectivity index (χ4v) is 2.68. The van der Waals surface area contributed by atoms with Crippen LogP contribution in [0.2, 0.25) is 0 Å². The molecule has 194 valence electrons. The van der Waals surface area contributed by atoms with Crippen LogP contribution in [0.15, 0.2) is 0 Å². The molecule has 0 aromatic rings. The Balaban J connectivity index is 5.28. The van der Waals surface area contributed by atoms with Crippen LogP contribution in [0.25, 0.3) is 0 Å². The number of aliphatic hydroxyl groups excluding tert-OH is 3. The van der Waals surface area contributed by atoms with Gasteiger partial charge in [0, 0.05) is 13.3 Å². The first-order valence-electron chi connectivity index (χ1n) is 10.2. The Morgan fingerprint density at radius 1 is 1.03 bits per heavy atom. The van der Waals surface area contributed by atoms with Crippen LogP contribution in [0.3, 0.4) is 0 Å². The number of rotatable bonds is 16. The van der Waals surface area contributed by atoms with Gasteiger partial charge in [0.1, 0.15) is 48.8 Å². The molecule has 0 aromatic carbocycles. The Hall–Kier alpha value is -3.14. The van der Waals surface area contributed by atoms with Crippen LogP contribution < -0.4 is 21.7 Å². The van der Waals surface area contributed by atoms with E-state index in [1.807, 2.05) is 0 Å². The second-order valence-corrected chi connectivity index (χ2v) is 7.47. The maximum atomic E-state index is 12.5. The number of carboxylic acids is 1. The van der Waals surface area contributed by atoms with Crippen molar-refractivity contribution in [1.82, 2.24) is 16.0 Å². The van der Waals surface area contributed by atoms with E-state index in [9.17, 15) is 39.0 Å². The summed E-state index contributed by atoms with van der Waals surface area (Å²) in [5, 5.41) is 44.3. The van der Waals surface area contributed by atoms with Crippen LogP contribution in [-0.2, 0) is 33.5 Å². The number of aliphatic carboxylic acids is 1. The van der Waals surface area contributed by atoms with Gasteiger partial charge >= 0.3 is 5.97 Å². The Morgan fingerprint density at radius 2 is 1.62 bits per heavy atom. The lowest BCUT2D eigenvalue weighted by molar-refractivity contribution is -0.157. The molecule has 0 fully saturated rings. The van der Waals surface area contributed by atoms with E-state index in [-0.39, 0.29) is 12.7 Å². The van der Waals surface area contributed by atoms with Crippen LogP contribution in [0.5, 0.6) is 0 Å². The number of nitrogens with one attached hydrogen (secondary N) is 3. The average molecular weight is 492 g/mol. The number of carbonyl (C=O) groups is 6. The number of amides is 4. The van der Waals surface area contributed by atoms with Crippen molar-refractivity contribution in [3.63, 3.8) is 0 Å². The normalized spacial score (nSPS) is 17.1. The summed E-state index contributed by atoms with van der Waals surface area (Å²) in [5.41, 5.74) is 5.14. The molecule has 9 N–H and O–H groups in total. The highest BCUT2D eigenvalue weighted by Gasteiger charge is 2.37. The lowest BCUT2D eigenvalue weighted by Gasteiger charge is -2.32. The van der Waals surface area contributed by atoms with Crippen molar-refractivity contribution >= 4 is 35.9 Å². The fourth-order valence-electron chi connectivity index (χ4n) is 2.68. The minimum Gasteiger partial charge on any atom is -0.481 e. The van der Waals surface area contributed by atoms with E-state index in [4.69, 9.17) is 20.7 Å². The number of carbonyl (C=O) groups excluding carboxylic acids is 5. The first kappa shape index (κ1) is 30.9. The fraction of sp³-hybridized carbons (Fsp3) is 0.684. The Morgan fingerprint density at radius 3 is 2.06 bits per heavy atom. The van der Waals surface area contributed by atoms with Gasteiger partial charge in [0.2, 0.25) is 23.6 Å². The van der Waals surface area contributed by atoms with Crippen molar-refractivity contribution in [2.45, 2.75) is 76.2 Å². The van der Waals surface area contributed by atoms with E-state index in [0.717, 1.165) is 6.92 Å². The van der Waals surface area contributed by atoms with Crippen molar-refractivity contribution < 1.29 is 53.9 Å². The smallest absolute Gasteiger partial charge is 0.303 e. The second kappa shape index (κ2) is 14.9. The Bertz CT molecular complexity index is 748. The zero-order valence-electron chi connectivity index (χ0n) is 19.0. The van der Waals surface area contributed by atoms with Gasteiger partial charge in [-0.3, -0.25) is 24.0 Å². The van der Waals surface area contributed by atoms with Crippen LogP contribution in [0.4, 0.5) is 0 Å². The molecule has 0 bridgehead atoms. The average Bonchev–Trinajstić information content (AvgIpc) is 2.76. The summed E-state index contributed by atoms with van der Waals surface area (Å²) in [6, 6.07) is -4.02. The number of hydrogen-bond acceptors (Lipinski definition) is 10. The lowest BCUT2D eigenvalue weighted by atomic mass is 10.0. The van der Waals surface area contributed by atoms with E-state index in [0.29, 0.717) is 0 Å². The third-order valence-corrected chi connectivity index (χ3v) is 4.58. The van der Waals surface area contributed by atoms with Crippen LogP contribution in [-0.4, -0.2) is 105 Å². The molecule has 0 unspecified atom stereocenters. The minimum absolute atomic E-state index is 0.209. The van der Waals surface area contributed by atoms with Gasteiger partial charge in [-0.05, 0) is 20.3 Å². The lowest BCUT2D eigenvalue weighted by Crippen LogP contribution is -2.57. The van der Waals surface area contributed by atoms with Crippen molar-refractivity contribution in [3.05, 3.63) is 0 Å². The third kappa shape index (κ3) is 10.7. The molecular formula is C19H32N4O11. The van der Waals surface area contributed by atoms with E-state index in [1.165, 1.54) is 13.8 Å². The molecular weight excluding hydrogens is 460 g/mol. The highest BCUT2D eigenvalue weighted by atomic mass is 16.5. The van der Waals surface area contributed by atoms with Gasteiger partial charge in [-0.2, -0.15) is 0 Å². The third-order valence-electron chi connectivity index (χ3n) is 4.58. The van der Waals surface area contributed by atoms with E-state index >= 15 is 0 Å². The number of aliphatic hydroxyl groups is 3. The monoisotopic (exact) mass is 492 g/mol. The van der Waals surface area contributed by atoms with Gasteiger partial charge in [0.15, 0.2) is 0 Å². The molecule has 4 amide bonds. The van der Waals surface area contributed by atoms with E-state index in [1.54, 1.807) is 0 Å². The molecule has 15 heteroatoms. The van der Waals surface area contributed by atoms with Gasteiger partial charge in [0.05, 0.1) is 6.61 Å². The van der Waals surface area contributed by atoms with E-state index in [2.05, 4.69) is 16.0 Å². The molecule has 0 saturated carbocycles. The second-order valence-electron chi connectivity index (χ2n) is 7.47. The molecule has 0 rings (SSSR count). The number of nitrogens with two attached hydrogens (primary N) is 1. The molecule has 0 radical (unpaired) electrons. The summed E-state index contributed by atoms with van der Waals surface area (Å²) in [4.78, 5) is 69.6. The molecule has 15 nitrogen and oxygen atoms in total. The van der Waals surface area contributed by atoms with Gasteiger partial charge < -0.3 is 51.6 Å². The summed E-state index contributed by atoms with van der Waals surface area (Å²) in [6.07, 6.45) is -7.22. The van der Waals surface area contributed by atoms with Crippen LogP contribution in [0, 0.1) is 0 Å². The maximum Gasteiger partial charge on any atom is 0.303 e. The predicted molar refractivity (Wildman–Crippen MR) is 113 cm³/mol. The molecule has 0 saturated heterocycles. The van der Waals surface area contributed by atoms with E-state index < -0.39 is 85.2 Å². The van der Waals surface area contributed by atoms with Crippen LogP contribution >= 0.6 is 0 Å². The summed E-state index contributed by atoms with van der Waals surface area (Å²) in [5.74, 6) is -4.62. The predicted octanol–water partition coefficient (Wildman–Crippen LogP) is -4.48. The topological polar surface area (TPSA) is 255 Å². The van der Waals surface area contributed by atoms with Crippen molar-refractivity contribution in [2.24, 2.45) is 5.73 Å². The molecule has 0 aromatic heterocycles. The molecule has 0 aliphatic rings. The number of primary amides is 1. The van der Waals surface area contributed by atoms with Crippen molar-refractivity contribution in [3.8, 4) is 0 Å². The van der Waals surface area contributed by atoms with Gasteiger partial charge in [0.25, 0.3) is 0 Å². The molecule has 0 heterocycles. The molecule has 7 atom stereocenters. The van der Waals surface area contributed by atoms with Gasteiger partial charge in [-0.1, -0.05) is 0 Å². The van der Waals surface area contributed by atoms with Crippen molar-refractivity contribution in [2.75, 3.05) is 6.61 Å². The molecule has 34 heavy (non-hydrogen) atoms. The quantitative estimate of drug-likeness (QED) is 0.0953. The summed E-state index contributed by atoms with van der Waals surface area (Å²) in [6.45, 7) is 2.62. The zero-order chi connectivity index (χ0) is 26.6. The minimum atomic E-state index is -1.88. The first-order valence-corrected chi connectivity index (χ1v) is 10.2. The highest BCUT2D eigenvalue weighted by Crippen LogP contribution is 2.12. The van der Waals surface area contributed by atoms with Crippen LogP contribution in [0.1, 0.15) is 33.6 Å². The largest absolute Gasteiger partial charge is 0.481 e. The summed E-state index contributed by atoms with van der Waals surface area (Å²) in [7, 11) is 0. The number of aldehydes is 1. The molecule has 0 spiro atoms. The van der Waals surface area contributed by atoms with Gasteiger partial charge in [-0.15, -0.1) is 0 Å². The van der Waals surface area contributed by atoms with Crippen molar-refractivity contribution in [1.29, 1.82) is 0 Å². The van der Waals surface area contributed by atoms with Gasteiger partial charge in [-0.25, -0.2) is 0 Å². The summed E-state index contributed by atoms with van der Waals surface area (Å²) >= 11 is 0. The highest BCUT2D eigenvalue weighted by molar-refractivity contribution is 5.92. The SMILES string of the molecule is CC(=O)N[C@@H](C=O)[C@@H](O[C@H](C)C(=O)N[C@H](C)C(=O)N[C@H](CCC(=O)O)C(N)=O)[C@H](O)[C@H](O)CO. The number of ether oxygens (including phenoxy) is 1. The summed E-state index contributed by atoms with van der Waals surface area (Å²) < 4.78 is 5.37. The number of carboxylic acid groups (broad SMARTS) is 1. The maximum absolute atomic E-state index is 12.5. The zero-order valence-corrected chi connectivity index (χ0v) is 19.0.